The second-order valence-corrected chi connectivity index (χ2v) is 7.03. The lowest BCUT2D eigenvalue weighted by Gasteiger charge is -2.35. The molecule has 0 spiro atoms. The molecule has 2 atom stereocenters. The van der Waals surface area contributed by atoms with Crippen LogP contribution < -0.4 is 5.32 Å². The van der Waals surface area contributed by atoms with Crippen LogP contribution in [0.5, 0.6) is 0 Å². The average Bonchev–Trinajstić information content (AvgIpc) is 2.74. The SMILES string of the molecule is C=C(C#N)C(=O)N1CCCC[C@@H]1COC(=O)N[C@@H](CCc1ccccc1)B(O)O. The molecule has 0 unspecified atom stereocenters. The molecule has 1 saturated heterocycles. The Kier molecular flexibility index (Phi) is 8.71. The largest absolute Gasteiger partial charge is 0.475 e. The van der Waals surface area contributed by atoms with Gasteiger partial charge in [0, 0.05) is 6.54 Å². The van der Waals surface area contributed by atoms with Gasteiger partial charge >= 0.3 is 13.2 Å². The van der Waals surface area contributed by atoms with Gasteiger partial charge in [0.1, 0.15) is 18.2 Å². The van der Waals surface area contributed by atoms with Crippen molar-refractivity contribution in [3.05, 3.63) is 48.0 Å². The average molecular weight is 399 g/mol. The highest BCUT2D eigenvalue weighted by molar-refractivity contribution is 6.43. The predicted molar refractivity (Wildman–Crippen MR) is 107 cm³/mol. The molecular weight excluding hydrogens is 373 g/mol. The molecule has 0 radical (unpaired) electrons. The third-order valence-electron chi connectivity index (χ3n) is 4.94. The van der Waals surface area contributed by atoms with Gasteiger partial charge in [-0.15, -0.1) is 0 Å². The van der Waals surface area contributed by atoms with Crippen LogP contribution in [0.3, 0.4) is 0 Å². The van der Waals surface area contributed by atoms with Gasteiger partial charge in [0.2, 0.25) is 0 Å². The van der Waals surface area contributed by atoms with Gasteiger partial charge in [-0.05, 0) is 37.7 Å². The van der Waals surface area contributed by atoms with Gasteiger partial charge in [-0.1, -0.05) is 36.9 Å². The van der Waals surface area contributed by atoms with Crippen molar-refractivity contribution in [2.45, 2.75) is 44.1 Å². The number of piperidine rings is 1. The fourth-order valence-electron chi connectivity index (χ4n) is 3.29. The summed E-state index contributed by atoms with van der Waals surface area (Å²) in [5, 5.41) is 30.5. The number of carbonyl (C=O) groups is 2. The fraction of sp³-hybridized carbons (Fsp3) is 0.450. The first-order valence-corrected chi connectivity index (χ1v) is 9.65. The van der Waals surface area contributed by atoms with Gasteiger partial charge in [0.15, 0.2) is 0 Å². The van der Waals surface area contributed by atoms with Crippen molar-refractivity contribution >= 4 is 19.1 Å². The molecule has 8 nitrogen and oxygen atoms in total. The van der Waals surface area contributed by atoms with E-state index in [1.54, 1.807) is 6.07 Å². The van der Waals surface area contributed by atoms with Crippen LogP contribution in [0.2, 0.25) is 0 Å². The maximum absolute atomic E-state index is 12.3. The van der Waals surface area contributed by atoms with Gasteiger partial charge in [-0.25, -0.2) is 4.79 Å². The number of alkyl carbamates (subject to hydrolysis) is 1. The lowest BCUT2D eigenvalue weighted by atomic mass is 9.76. The summed E-state index contributed by atoms with van der Waals surface area (Å²) in [5.41, 5.74) is 0.869. The molecule has 1 aromatic rings. The second-order valence-electron chi connectivity index (χ2n) is 7.03. The van der Waals surface area contributed by atoms with Gasteiger partial charge < -0.3 is 25.0 Å². The number of nitriles is 1. The highest BCUT2D eigenvalue weighted by Gasteiger charge is 2.30. The van der Waals surface area contributed by atoms with E-state index in [0.717, 1.165) is 18.4 Å². The Hall–Kier alpha value is -2.83. The van der Waals surface area contributed by atoms with Crippen LogP contribution in [0.15, 0.2) is 42.5 Å². The summed E-state index contributed by atoms with van der Waals surface area (Å²) in [6.07, 6.45) is 2.45. The molecule has 0 bridgehead atoms. The van der Waals surface area contributed by atoms with Gasteiger partial charge in [-0.3, -0.25) is 4.79 Å². The van der Waals surface area contributed by atoms with Crippen molar-refractivity contribution in [1.29, 1.82) is 5.26 Å². The van der Waals surface area contributed by atoms with E-state index in [1.807, 2.05) is 30.3 Å². The van der Waals surface area contributed by atoms with Crippen molar-refractivity contribution < 1.29 is 24.4 Å². The lowest BCUT2D eigenvalue weighted by Crippen LogP contribution is -2.49. The molecule has 9 heteroatoms. The quantitative estimate of drug-likeness (QED) is 0.343. The number of amides is 2. The van der Waals surface area contributed by atoms with E-state index in [2.05, 4.69) is 11.9 Å². The summed E-state index contributed by atoms with van der Waals surface area (Å²) in [7, 11) is -1.72. The van der Waals surface area contributed by atoms with E-state index in [4.69, 9.17) is 10.00 Å². The molecule has 0 aromatic heterocycles. The molecule has 29 heavy (non-hydrogen) atoms. The number of rotatable bonds is 8. The first kappa shape index (κ1) is 22.5. The number of ether oxygens (including phenoxy) is 1. The van der Waals surface area contributed by atoms with Crippen molar-refractivity contribution in [3.63, 3.8) is 0 Å². The van der Waals surface area contributed by atoms with Gasteiger partial charge in [-0.2, -0.15) is 5.26 Å². The molecule has 1 fully saturated rings. The number of benzene rings is 1. The van der Waals surface area contributed by atoms with Crippen molar-refractivity contribution in [3.8, 4) is 6.07 Å². The van der Waals surface area contributed by atoms with E-state index in [0.29, 0.717) is 25.8 Å². The van der Waals surface area contributed by atoms with Crippen molar-refractivity contribution in [1.82, 2.24) is 10.2 Å². The Morgan fingerprint density at radius 3 is 2.72 bits per heavy atom. The summed E-state index contributed by atoms with van der Waals surface area (Å²) in [4.78, 5) is 25.9. The first-order valence-electron chi connectivity index (χ1n) is 9.65. The Morgan fingerprint density at radius 2 is 2.07 bits per heavy atom. The molecule has 0 saturated carbocycles. The highest BCUT2D eigenvalue weighted by atomic mass is 16.5. The molecule has 154 valence electrons. The van der Waals surface area contributed by atoms with Gasteiger partial charge in [0.05, 0.1) is 12.0 Å². The predicted octanol–water partition coefficient (Wildman–Crippen LogP) is 1.19. The number of hydrogen-bond donors (Lipinski definition) is 3. The third kappa shape index (κ3) is 6.93. The maximum Gasteiger partial charge on any atom is 0.475 e. The highest BCUT2D eigenvalue weighted by Crippen LogP contribution is 2.19. The minimum Gasteiger partial charge on any atom is -0.447 e. The minimum atomic E-state index is -1.72. The number of nitrogens with one attached hydrogen (secondary N) is 1. The topological polar surface area (TPSA) is 123 Å². The van der Waals surface area contributed by atoms with Crippen LogP contribution in [-0.4, -0.2) is 59.2 Å². The molecule has 1 aliphatic rings. The van der Waals surface area contributed by atoms with Crippen LogP contribution in [0.1, 0.15) is 31.2 Å². The molecule has 0 aliphatic carbocycles. The summed E-state index contributed by atoms with van der Waals surface area (Å²) < 4.78 is 5.23. The zero-order valence-electron chi connectivity index (χ0n) is 16.3. The molecule has 1 heterocycles. The van der Waals surface area contributed by atoms with Crippen LogP contribution in [-0.2, 0) is 16.0 Å². The van der Waals surface area contributed by atoms with Crippen LogP contribution in [0.25, 0.3) is 0 Å². The van der Waals surface area contributed by atoms with E-state index in [-0.39, 0.29) is 18.2 Å². The Morgan fingerprint density at radius 1 is 1.34 bits per heavy atom. The Balaban J connectivity index is 1.86. The van der Waals surface area contributed by atoms with Crippen LogP contribution in [0, 0.1) is 11.3 Å². The monoisotopic (exact) mass is 399 g/mol. The summed E-state index contributed by atoms with van der Waals surface area (Å²) in [6, 6.07) is 10.9. The summed E-state index contributed by atoms with van der Waals surface area (Å²) >= 11 is 0. The molecule has 1 aromatic carbocycles. The Bertz CT molecular complexity index is 750. The number of likely N-dealkylation sites (tertiary alicyclic amines) is 1. The zero-order chi connectivity index (χ0) is 21.2. The molecule has 3 N–H and O–H groups in total. The van der Waals surface area contributed by atoms with Gasteiger partial charge in [0.25, 0.3) is 5.91 Å². The van der Waals surface area contributed by atoms with E-state index in [9.17, 15) is 19.6 Å². The van der Waals surface area contributed by atoms with Crippen molar-refractivity contribution in [2.24, 2.45) is 0 Å². The second kappa shape index (κ2) is 11.2. The smallest absolute Gasteiger partial charge is 0.447 e. The first-order chi connectivity index (χ1) is 13.9. The number of aryl methyl sites for hydroxylation is 1. The van der Waals surface area contributed by atoms with E-state index >= 15 is 0 Å². The summed E-state index contributed by atoms with van der Waals surface area (Å²) in [6.45, 7) is 3.89. The molecule has 2 rings (SSSR count). The number of hydrogen-bond acceptors (Lipinski definition) is 6. The van der Waals surface area contributed by atoms with E-state index in [1.165, 1.54) is 4.90 Å². The minimum absolute atomic E-state index is 0.0385. The zero-order valence-corrected chi connectivity index (χ0v) is 16.3. The van der Waals surface area contributed by atoms with Crippen molar-refractivity contribution in [2.75, 3.05) is 13.2 Å². The fourth-order valence-corrected chi connectivity index (χ4v) is 3.29. The van der Waals surface area contributed by atoms with E-state index < -0.39 is 25.1 Å². The Labute approximate surface area is 170 Å². The lowest BCUT2D eigenvalue weighted by molar-refractivity contribution is -0.131. The standard InChI is InChI=1S/C20H26BN3O5/c1-15(13-22)19(25)24-12-6-5-9-17(24)14-29-20(26)23-18(21(27)28)11-10-16-7-3-2-4-8-16/h2-4,7-8,17-18,27-28H,1,5-6,9-12,14H2,(H,23,26)/t17-,18+/m1/s1. The molecular formula is C20H26BN3O5. The number of carbonyl (C=O) groups excluding carboxylic acids is 2. The summed E-state index contributed by atoms with van der Waals surface area (Å²) in [5.74, 6) is -1.34. The maximum atomic E-state index is 12.3. The number of nitrogens with zero attached hydrogens (tertiary/aromatic N) is 2. The van der Waals surface area contributed by atoms with Crippen LogP contribution >= 0.6 is 0 Å². The molecule has 1 aliphatic heterocycles. The normalized spacial score (nSPS) is 17.0. The van der Waals surface area contributed by atoms with Crippen LogP contribution in [0.4, 0.5) is 4.79 Å². The molecule has 2 amide bonds. The third-order valence-corrected chi connectivity index (χ3v) is 4.94.